The van der Waals surface area contributed by atoms with Crippen molar-refractivity contribution >= 4 is 12.1 Å². The molecule has 0 saturated carbocycles. The van der Waals surface area contributed by atoms with Crippen molar-refractivity contribution in [3.8, 4) is 5.75 Å². The number of esters is 1. The van der Waals surface area contributed by atoms with Crippen molar-refractivity contribution in [2.24, 2.45) is 5.73 Å². The van der Waals surface area contributed by atoms with E-state index in [0.717, 1.165) is 18.4 Å². The number of aliphatic hydroxyl groups excluding tert-OH is 1. The number of allylic oxidation sites excluding steroid dienone is 1. The van der Waals surface area contributed by atoms with Crippen molar-refractivity contribution in [3.05, 3.63) is 89.7 Å². The van der Waals surface area contributed by atoms with Crippen molar-refractivity contribution in [2.45, 2.75) is 50.5 Å². The van der Waals surface area contributed by atoms with Gasteiger partial charge in [0, 0.05) is 12.3 Å². The number of nitrogens with two attached hydrogens (primary N) is 1. The largest absolute Gasteiger partial charge is 0.512 e. The Morgan fingerprint density at radius 3 is 2.62 bits per heavy atom. The van der Waals surface area contributed by atoms with Crippen LogP contribution in [0.25, 0.3) is 0 Å². The summed E-state index contributed by atoms with van der Waals surface area (Å²) in [6.45, 7) is 5.87. The molecule has 32 heavy (non-hydrogen) atoms. The molecule has 1 aliphatic rings. The number of amides is 1. The fraction of sp³-hybridized carbons (Fsp3) is 0.308. The summed E-state index contributed by atoms with van der Waals surface area (Å²) in [6.07, 6.45) is 3.72. The average Bonchev–Trinajstić information content (AvgIpc) is 2.75. The van der Waals surface area contributed by atoms with E-state index in [2.05, 4.69) is 6.58 Å². The topological polar surface area (TPSA) is 98.8 Å². The van der Waals surface area contributed by atoms with Crippen molar-refractivity contribution in [2.75, 3.05) is 0 Å². The second-order valence-corrected chi connectivity index (χ2v) is 8.05. The summed E-state index contributed by atoms with van der Waals surface area (Å²) in [5.41, 5.74) is 6.28. The van der Waals surface area contributed by atoms with Gasteiger partial charge in [-0.2, -0.15) is 0 Å². The molecule has 0 saturated heterocycles. The molecule has 1 amide bonds. The van der Waals surface area contributed by atoms with E-state index in [1.54, 1.807) is 30.3 Å². The molecule has 1 heterocycles. The summed E-state index contributed by atoms with van der Waals surface area (Å²) in [6, 6.07) is 16.6. The number of hydrogen-bond donors (Lipinski definition) is 2. The Balaban J connectivity index is 1.88. The molecule has 2 aromatic carbocycles. The van der Waals surface area contributed by atoms with Crippen molar-refractivity contribution < 1.29 is 24.2 Å². The van der Waals surface area contributed by atoms with E-state index in [1.807, 2.05) is 37.3 Å². The molecular weight excluding hydrogens is 406 g/mol. The van der Waals surface area contributed by atoms with Crippen LogP contribution < -0.4 is 10.5 Å². The predicted octanol–water partition coefficient (Wildman–Crippen LogP) is 5.34. The minimum absolute atomic E-state index is 0.00823. The van der Waals surface area contributed by atoms with Crippen LogP contribution >= 0.6 is 0 Å². The number of ether oxygens (including phenoxy) is 2. The third-order valence-electron chi connectivity index (χ3n) is 5.73. The fourth-order valence-electron chi connectivity index (χ4n) is 4.30. The molecule has 2 aromatic rings. The summed E-state index contributed by atoms with van der Waals surface area (Å²) in [4.78, 5) is 24.2. The first-order valence-corrected chi connectivity index (χ1v) is 10.8. The van der Waals surface area contributed by atoms with Crippen LogP contribution in [-0.2, 0) is 16.0 Å². The molecule has 2 atom stereocenters. The third-order valence-corrected chi connectivity index (χ3v) is 5.73. The van der Waals surface area contributed by atoms with Gasteiger partial charge in [-0.15, -0.1) is 6.58 Å². The number of carbonyl (C=O) groups excluding carboxylic acids is 2. The lowest BCUT2D eigenvalue weighted by Crippen LogP contribution is -2.41. The van der Waals surface area contributed by atoms with E-state index in [0.29, 0.717) is 18.4 Å². The lowest BCUT2D eigenvalue weighted by molar-refractivity contribution is -0.161. The highest BCUT2D eigenvalue weighted by molar-refractivity contribution is 5.92. The molecule has 3 N–H and O–H groups in total. The number of aliphatic hydroxyl groups is 1. The van der Waals surface area contributed by atoms with Crippen molar-refractivity contribution in [3.63, 3.8) is 0 Å². The van der Waals surface area contributed by atoms with Crippen LogP contribution in [0.1, 0.15) is 49.7 Å². The summed E-state index contributed by atoms with van der Waals surface area (Å²) in [5.74, 6) is -0.919. The third kappa shape index (κ3) is 5.38. The molecule has 0 spiro atoms. The molecule has 168 valence electrons. The van der Waals surface area contributed by atoms with Gasteiger partial charge in [-0.1, -0.05) is 61.9 Å². The maximum Gasteiger partial charge on any atom is 0.409 e. The zero-order valence-corrected chi connectivity index (χ0v) is 18.3. The molecule has 0 fully saturated rings. The normalized spacial score (nSPS) is 19.2. The van der Waals surface area contributed by atoms with Crippen molar-refractivity contribution in [1.29, 1.82) is 0 Å². The van der Waals surface area contributed by atoms with E-state index in [-0.39, 0.29) is 23.5 Å². The average molecular weight is 436 g/mol. The summed E-state index contributed by atoms with van der Waals surface area (Å²) in [5, 5.41) is 11.0. The van der Waals surface area contributed by atoms with Gasteiger partial charge in [0.1, 0.15) is 17.1 Å². The molecule has 0 aliphatic carbocycles. The second-order valence-electron chi connectivity index (χ2n) is 8.05. The first-order valence-electron chi connectivity index (χ1n) is 10.8. The molecule has 1 aliphatic heterocycles. The number of primary amides is 1. The first-order chi connectivity index (χ1) is 15.4. The number of hydrogen-bond acceptors (Lipinski definition) is 5. The highest BCUT2D eigenvalue weighted by Crippen LogP contribution is 2.41. The van der Waals surface area contributed by atoms with Gasteiger partial charge in [-0.3, -0.25) is 0 Å². The van der Waals surface area contributed by atoms with Crippen LogP contribution in [-0.4, -0.2) is 22.8 Å². The number of aryl methyl sites for hydroxylation is 1. The minimum atomic E-state index is -0.931. The smallest absolute Gasteiger partial charge is 0.409 e. The second kappa shape index (κ2) is 10.2. The zero-order valence-electron chi connectivity index (χ0n) is 18.3. The Hall–Kier alpha value is -3.54. The predicted molar refractivity (Wildman–Crippen MR) is 122 cm³/mol. The maximum absolute atomic E-state index is 13.1. The molecular formula is C26H29NO5. The van der Waals surface area contributed by atoms with Gasteiger partial charge in [-0.05, 0) is 42.5 Å². The van der Waals surface area contributed by atoms with Gasteiger partial charge in [0.25, 0.3) is 0 Å². The number of cyclic esters (lactones) is 1. The Morgan fingerprint density at radius 1 is 1.25 bits per heavy atom. The van der Waals surface area contributed by atoms with Crippen LogP contribution in [0.5, 0.6) is 5.75 Å². The van der Waals surface area contributed by atoms with Gasteiger partial charge in [0.2, 0.25) is 0 Å². The van der Waals surface area contributed by atoms with Gasteiger partial charge >= 0.3 is 12.1 Å². The number of rotatable bonds is 9. The Morgan fingerprint density at radius 2 is 2.00 bits per heavy atom. The summed E-state index contributed by atoms with van der Waals surface area (Å²) >= 11 is 0. The minimum Gasteiger partial charge on any atom is -0.512 e. The number of carbonyl (C=O) groups is 2. The molecule has 1 unspecified atom stereocenters. The Bertz CT molecular complexity index is 1010. The van der Waals surface area contributed by atoms with E-state index in [4.69, 9.17) is 15.2 Å². The molecule has 6 heteroatoms. The van der Waals surface area contributed by atoms with Gasteiger partial charge in [-0.25, -0.2) is 9.59 Å². The fourth-order valence-corrected chi connectivity index (χ4v) is 4.30. The van der Waals surface area contributed by atoms with Gasteiger partial charge in [0.15, 0.2) is 0 Å². The molecule has 0 bridgehead atoms. The lowest BCUT2D eigenvalue weighted by Gasteiger charge is -2.38. The number of benzene rings is 2. The van der Waals surface area contributed by atoms with Gasteiger partial charge in [0.05, 0.1) is 5.57 Å². The zero-order chi connectivity index (χ0) is 23.1. The summed E-state index contributed by atoms with van der Waals surface area (Å²) < 4.78 is 10.9. The molecule has 3 rings (SSSR count). The Kier molecular flexibility index (Phi) is 7.36. The Labute approximate surface area is 188 Å². The molecule has 6 nitrogen and oxygen atoms in total. The molecule has 0 radical (unpaired) electrons. The van der Waals surface area contributed by atoms with Crippen LogP contribution in [0.2, 0.25) is 0 Å². The summed E-state index contributed by atoms with van der Waals surface area (Å²) in [7, 11) is 0. The standard InChI is InChI=1S/C26H29NO5/c1-3-14-26(15-13-18-9-6-5-7-10-18)17-22(28)23(24(29)32-26)21(4-2)19-11-8-12-20(16-19)31-25(27)30/h4-12,16,21,28H,2-3,13-15,17H2,1H3,(H2,27,30)/t21?,26-/m1/s1. The lowest BCUT2D eigenvalue weighted by atomic mass is 9.80. The highest BCUT2D eigenvalue weighted by Gasteiger charge is 2.42. The first kappa shape index (κ1) is 23.1. The molecule has 0 aromatic heterocycles. The van der Waals surface area contributed by atoms with E-state index < -0.39 is 23.6 Å². The van der Waals surface area contributed by atoms with Crippen LogP contribution in [0, 0.1) is 0 Å². The van der Waals surface area contributed by atoms with Crippen LogP contribution in [0.3, 0.4) is 0 Å². The highest BCUT2D eigenvalue weighted by atomic mass is 16.6. The van der Waals surface area contributed by atoms with E-state index in [1.165, 1.54) is 0 Å². The van der Waals surface area contributed by atoms with E-state index in [9.17, 15) is 14.7 Å². The quantitative estimate of drug-likeness (QED) is 0.409. The monoisotopic (exact) mass is 435 g/mol. The van der Waals surface area contributed by atoms with Crippen LogP contribution in [0.4, 0.5) is 4.79 Å². The van der Waals surface area contributed by atoms with Crippen LogP contribution in [0.15, 0.2) is 78.6 Å². The van der Waals surface area contributed by atoms with Gasteiger partial charge < -0.3 is 20.3 Å². The van der Waals surface area contributed by atoms with Crippen molar-refractivity contribution in [1.82, 2.24) is 0 Å². The maximum atomic E-state index is 13.1. The SMILES string of the molecule is C=CC(C1=C(O)C[C@@](CCC)(CCc2ccccc2)OC1=O)c1cccc(OC(N)=O)c1. The van der Waals surface area contributed by atoms with E-state index >= 15 is 0 Å².